The number of halogens is 2. The molecule has 1 aromatic rings. The number of hydrogen-bond acceptors (Lipinski definition) is 3. The highest BCUT2D eigenvalue weighted by atomic mass is 35.5. The molecule has 1 aromatic carbocycles. The summed E-state index contributed by atoms with van der Waals surface area (Å²) in [6, 6.07) is 4.54. The molecule has 0 spiro atoms. The van der Waals surface area contributed by atoms with E-state index in [1.807, 2.05) is 6.07 Å². The van der Waals surface area contributed by atoms with Crippen LogP contribution in [0, 0.1) is 11.3 Å². The predicted octanol–water partition coefficient (Wildman–Crippen LogP) is 3.04. The number of rotatable bonds is 2. The Morgan fingerprint density at radius 3 is 2.60 bits per heavy atom. The van der Waals surface area contributed by atoms with Crippen LogP contribution < -0.4 is 0 Å². The molecule has 0 fully saturated rings. The van der Waals surface area contributed by atoms with Crippen LogP contribution in [0.2, 0.25) is 10.0 Å². The van der Waals surface area contributed by atoms with E-state index in [0.29, 0.717) is 0 Å². The zero-order valence-electron chi connectivity index (χ0n) is 7.88. The van der Waals surface area contributed by atoms with Crippen molar-refractivity contribution in [1.29, 1.82) is 5.26 Å². The molecule has 0 radical (unpaired) electrons. The predicted molar refractivity (Wildman–Crippen MR) is 57.1 cm³/mol. The van der Waals surface area contributed by atoms with E-state index in [-0.39, 0.29) is 27.8 Å². The van der Waals surface area contributed by atoms with Gasteiger partial charge in [-0.2, -0.15) is 5.26 Å². The Bertz CT molecular complexity index is 438. The van der Waals surface area contributed by atoms with Crippen LogP contribution in [-0.2, 0) is 4.74 Å². The summed E-state index contributed by atoms with van der Waals surface area (Å²) in [6.07, 6.45) is 0. The molecule has 0 saturated heterocycles. The van der Waals surface area contributed by atoms with Gasteiger partial charge in [-0.15, -0.1) is 0 Å². The van der Waals surface area contributed by atoms with Crippen molar-refractivity contribution >= 4 is 29.2 Å². The summed E-state index contributed by atoms with van der Waals surface area (Å²) < 4.78 is 4.77. The van der Waals surface area contributed by atoms with Gasteiger partial charge in [-0.1, -0.05) is 23.2 Å². The number of benzene rings is 1. The Labute approximate surface area is 97.2 Å². The van der Waals surface area contributed by atoms with E-state index in [1.54, 1.807) is 6.92 Å². The molecule has 15 heavy (non-hydrogen) atoms. The first-order valence-electron chi connectivity index (χ1n) is 4.16. The van der Waals surface area contributed by atoms with Gasteiger partial charge in [-0.3, -0.25) is 0 Å². The molecule has 0 unspecified atom stereocenters. The van der Waals surface area contributed by atoms with Gasteiger partial charge in [0.05, 0.1) is 27.8 Å². The molecule has 0 heterocycles. The highest BCUT2D eigenvalue weighted by molar-refractivity contribution is 6.42. The average Bonchev–Trinajstić information content (AvgIpc) is 2.21. The molecule has 0 aliphatic heterocycles. The first-order valence-corrected chi connectivity index (χ1v) is 4.92. The minimum atomic E-state index is -0.576. The lowest BCUT2D eigenvalue weighted by molar-refractivity contribution is 0.0526. The van der Waals surface area contributed by atoms with Gasteiger partial charge in [0.2, 0.25) is 0 Å². The number of esters is 1. The summed E-state index contributed by atoms with van der Waals surface area (Å²) in [5.74, 6) is -0.576. The second-order valence-electron chi connectivity index (χ2n) is 2.64. The van der Waals surface area contributed by atoms with Gasteiger partial charge in [0.15, 0.2) is 0 Å². The van der Waals surface area contributed by atoms with Crippen LogP contribution >= 0.6 is 23.2 Å². The molecule has 0 N–H and O–H groups in total. The molecule has 78 valence electrons. The van der Waals surface area contributed by atoms with Crippen LogP contribution in [0.3, 0.4) is 0 Å². The molecule has 0 amide bonds. The Morgan fingerprint density at radius 1 is 1.47 bits per heavy atom. The fraction of sp³-hybridized carbons (Fsp3) is 0.200. The molecule has 1 rings (SSSR count). The summed E-state index contributed by atoms with van der Waals surface area (Å²) >= 11 is 11.4. The lowest BCUT2D eigenvalue weighted by Crippen LogP contribution is -2.07. The third kappa shape index (κ3) is 2.62. The van der Waals surface area contributed by atoms with Crippen molar-refractivity contribution in [1.82, 2.24) is 0 Å². The molecule has 0 aliphatic carbocycles. The molecule has 0 atom stereocenters. The molecule has 0 bridgehead atoms. The number of hydrogen-bond donors (Lipinski definition) is 0. The third-order valence-electron chi connectivity index (χ3n) is 1.68. The number of nitrogens with zero attached hydrogens (tertiary/aromatic N) is 1. The monoisotopic (exact) mass is 243 g/mol. The molecular weight excluding hydrogens is 237 g/mol. The largest absolute Gasteiger partial charge is 0.462 e. The summed E-state index contributed by atoms with van der Waals surface area (Å²) in [6.45, 7) is 1.92. The van der Waals surface area contributed by atoms with E-state index in [2.05, 4.69) is 0 Å². The van der Waals surface area contributed by atoms with Gasteiger partial charge in [-0.05, 0) is 19.1 Å². The maximum absolute atomic E-state index is 11.4. The minimum absolute atomic E-state index is 0.133. The Hall–Kier alpha value is -1.24. The lowest BCUT2D eigenvalue weighted by Gasteiger charge is -2.05. The van der Waals surface area contributed by atoms with Crippen molar-refractivity contribution in [2.45, 2.75) is 6.92 Å². The maximum atomic E-state index is 11.4. The second-order valence-corrected chi connectivity index (χ2v) is 3.46. The molecule has 0 aromatic heterocycles. The number of nitriles is 1. The SMILES string of the molecule is CCOC(=O)c1cc(Cl)c(Cl)cc1C#N. The first kappa shape index (κ1) is 11.8. The van der Waals surface area contributed by atoms with Crippen LogP contribution in [0.25, 0.3) is 0 Å². The van der Waals surface area contributed by atoms with Crippen LogP contribution in [-0.4, -0.2) is 12.6 Å². The Morgan fingerprint density at radius 2 is 2.07 bits per heavy atom. The van der Waals surface area contributed by atoms with Crippen molar-refractivity contribution in [2.24, 2.45) is 0 Å². The quantitative estimate of drug-likeness (QED) is 0.751. The van der Waals surface area contributed by atoms with E-state index in [9.17, 15) is 4.79 Å². The average molecular weight is 244 g/mol. The van der Waals surface area contributed by atoms with Crippen molar-refractivity contribution in [3.63, 3.8) is 0 Å². The van der Waals surface area contributed by atoms with Crippen molar-refractivity contribution < 1.29 is 9.53 Å². The Balaban J connectivity index is 3.23. The highest BCUT2D eigenvalue weighted by Crippen LogP contribution is 2.26. The molecule has 0 aliphatic rings. The van der Waals surface area contributed by atoms with E-state index in [4.69, 9.17) is 33.2 Å². The Kier molecular flexibility index (Phi) is 3.96. The van der Waals surface area contributed by atoms with Gasteiger partial charge in [0.1, 0.15) is 6.07 Å². The van der Waals surface area contributed by atoms with Gasteiger partial charge < -0.3 is 4.74 Å². The summed E-state index contributed by atoms with van der Waals surface area (Å²) in [5.41, 5.74) is 0.289. The topological polar surface area (TPSA) is 50.1 Å². The van der Waals surface area contributed by atoms with Gasteiger partial charge in [-0.25, -0.2) is 4.79 Å². The number of carbonyl (C=O) groups excluding carboxylic acids is 1. The van der Waals surface area contributed by atoms with Gasteiger partial charge in [0.25, 0.3) is 0 Å². The van der Waals surface area contributed by atoms with Crippen molar-refractivity contribution in [2.75, 3.05) is 6.61 Å². The van der Waals surface area contributed by atoms with Crippen molar-refractivity contribution in [3.8, 4) is 6.07 Å². The molecule has 0 saturated carbocycles. The van der Waals surface area contributed by atoms with Crippen molar-refractivity contribution in [3.05, 3.63) is 33.3 Å². The van der Waals surface area contributed by atoms with Gasteiger partial charge in [0, 0.05) is 0 Å². The molecular formula is C10H7Cl2NO2. The first-order chi connectivity index (χ1) is 7.10. The summed E-state index contributed by atoms with van der Waals surface area (Å²) in [7, 11) is 0. The van der Waals surface area contributed by atoms with Crippen LogP contribution in [0.4, 0.5) is 0 Å². The summed E-state index contributed by atoms with van der Waals surface area (Å²) in [5, 5.41) is 9.25. The number of carbonyl (C=O) groups is 1. The zero-order valence-corrected chi connectivity index (χ0v) is 9.39. The van der Waals surface area contributed by atoms with Crippen LogP contribution in [0.5, 0.6) is 0 Å². The maximum Gasteiger partial charge on any atom is 0.339 e. The minimum Gasteiger partial charge on any atom is -0.462 e. The standard InChI is InChI=1S/C10H7Cl2NO2/c1-2-15-10(14)7-4-9(12)8(11)3-6(7)5-13/h3-4H,2H2,1H3. The van der Waals surface area contributed by atoms with E-state index < -0.39 is 5.97 Å². The van der Waals surface area contributed by atoms with Gasteiger partial charge >= 0.3 is 5.97 Å². The summed E-state index contributed by atoms with van der Waals surface area (Å²) in [4.78, 5) is 11.4. The van der Waals surface area contributed by atoms with E-state index in [0.717, 1.165) is 0 Å². The molecule has 5 heteroatoms. The zero-order chi connectivity index (χ0) is 11.4. The fourth-order valence-electron chi connectivity index (χ4n) is 1.02. The van der Waals surface area contributed by atoms with E-state index >= 15 is 0 Å². The normalized spacial score (nSPS) is 9.47. The van der Waals surface area contributed by atoms with Crippen LogP contribution in [0.1, 0.15) is 22.8 Å². The lowest BCUT2D eigenvalue weighted by atomic mass is 10.1. The van der Waals surface area contributed by atoms with E-state index in [1.165, 1.54) is 12.1 Å². The smallest absolute Gasteiger partial charge is 0.339 e. The number of ether oxygens (including phenoxy) is 1. The van der Waals surface area contributed by atoms with Crippen LogP contribution in [0.15, 0.2) is 12.1 Å². The third-order valence-corrected chi connectivity index (χ3v) is 2.40. The second kappa shape index (κ2) is 5.01. The molecule has 3 nitrogen and oxygen atoms in total. The highest BCUT2D eigenvalue weighted by Gasteiger charge is 2.15. The fourth-order valence-corrected chi connectivity index (χ4v) is 1.34.